The van der Waals surface area contributed by atoms with Crippen LogP contribution in [0.5, 0.6) is 0 Å². The van der Waals surface area contributed by atoms with Crippen molar-refractivity contribution in [3.05, 3.63) is 28.0 Å². The average Bonchev–Trinajstić information content (AvgIpc) is 2.20. The Morgan fingerprint density at radius 1 is 1.47 bits per heavy atom. The molecule has 0 spiro atoms. The van der Waals surface area contributed by atoms with Crippen molar-refractivity contribution in [2.45, 2.75) is 32.2 Å². The molecule has 1 atom stereocenters. The Kier molecular flexibility index (Phi) is 3.22. The molecule has 0 saturated carbocycles. The second-order valence-corrected chi connectivity index (χ2v) is 4.87. The summed E-state index contributed by atoms with van der Waals surface area (Å²) < 4.78 is 0.828. The highest BCUT2D eigenvalue weighted by molar-refractivity contribution is 7.71. The third-order valence-corrected chi connectivity index (χ3v) is 3.54. The van der Waals surface area contributed by atoms with E-state index in [0.29, 0.717) is 6.04 Å². The summed E-state index contributed by atoms with van der Waals surface area (Å²) in [7, 11) is 2.21. The first kappa shape index (κ1) is 10.8. The first-order valence-electron chi connectivity index (χ1n) is 5.58. The molecular formula is C12H18N2S. The fraction of sp³-hybridized carbons (Fsp3) is 0.583. The first-order chi connectivity index (χ1) is 7.18. The van der Waals surface area contributed by atoms with Crippen molar-refractivity contribution >= 4 is 12.2 Å². The van der Waals surface area contributed by atoms with Gasteiger partial charge in [0.2, 0.25) is 0 Å². The molecule has 0 unspecified atom stereocenters. The predicted molar refractivity (Wildman–Crippen MR) is 65.6 cm³/mol. The number of nitrogens with zero attached hydrogens (tertiary/aromatic N) is 1. The molecule has 2 heterocycles. The van der Waals surface area contributed by atoms with Crippen LogP contribution in [0, 0.1) is 11.6 Å². The fourth-order valence-corrected chi connectivity index (χ4v) is 2.65. The lowest BCUT2D eigenvalue weighted by Crippen LogP contribution is -2.30. The zero-order chi connectivity index (χ0) is 10.8. The molecule has 3 heteroatoms. The van der Waals surface area contributed by atoms with Gasteiger partial charge in [-0.05, 0) is 50.6 Å². The summed E-state index contributed by atoms with van der Waals surface area (Å²) >= 11 is 5.12. The number of likely N-dealkylation sites (tertiary alicyclic amines) is 1. The van der Waals surface area contributed by atoms with Gasteiger partial charge in [0.15, 0.2) is 0 Å². The summed E-state index contributed by atoms with van der Waals surface area (Å²) in [5.74, 6) is 0. The minimum atomic E-state index is 0.575. The lowest BCUT2D eigenvalue weighted by atomic mass is 9.94. The van der Waals surface area contributed by atoms with Crippen LogP contribution in [0.3, 0.4) is 0 Å². The molecule has 1 aromatic rings. The molecule has 0 aliphatic carbocycles. The maximum atomic E-state index is 5.12. The van der Waals surface area contributed by atoms with Gasteiger partial charge in [-0.25, -0.2) is 0 Å². The van der Waals surface area contributed by atoms with Crippen LogP contribution in [-0.2, 0) is 0 Å². The summed E-state index contributed by atoms with van der Waals surface area (Å²) in [5.41, 5.74) is 2.73. The molecule has 2 rings (SSSR count). The van der Waals surface area contributed by atoms with E-state index < -0.39 is 0 Å². The molecule has 1 N–H and O–H groups in total. The largest absolute Gasteiger partial charge is 0.353 e. The minimum absolute atomic E-state index is 0.575. The van der Waals surface area contributed by atoms with Crippen LogP contribution in [0.2, 0.25) is 0 Å². The number of hydrogen-bond acceptors (Lipinski definition) is 2. The number of rotatable bonds is 1. The fourth-order valence-electron chi connectivity index (χ4n) is 2.41. The highest BCUT2D eigenvalue weighted by Gasteiger charge is 2.21. The van der Waals surface area contributed by atoms with E-state index in [-0.39, 0.29) is 0 Å². The van der Waals surface area contributed by atoms with E-state index in [0.717, 1.165) is 4.64 Å². The molecule has 2 nitrogen and oxygen atoms in total. The van der Waals surface area contributed by atoms with E-state index in [4.69, 9.17) is 12.2 Å². The van der Waals surface area contributed by atoms with E-state index in [1.54, 1.807) is 0 Å². The van der Waals surface area contributed by atoms with E-state index >= 15 is 0 Å². The highest BCUT2D eigenvalue weighted by atomic mass is 32.1. The third-order valence-electron chi connectivity index (χ3n) is 3.30. The Hall–Kier alpha value is -0.670. The first-order valence-corrected chi connectivity index (χ1v) is 5.99. The number of hydrogen-bond donors (Lipinski definition) is 1. The summed E-state index contributed by atoms with van der Waals surface area (Å²) in [6.07, 6.45) is 6.02. The number of nitrogens with one attached hydrogen (secondary N) is 1. The monoisotopic (exact) mass is 222 g/mol. The van der Waals surface area contributed by atoms with Gasteiger partial charge in [0, 0.05) is 12.2 Å². The van der Waals surface area contributed by atoms with Crippen molar-refractivity contribution in [1.29, 1.82) is 0 Å². The number of pyridine rings is 1. The summed E-state index contributed by atoms with van der Waals surface area (Å²) in [6, 6.07) is 2.64. The zero-order valence-corrected chi connectivity index (χ0v) is 10.2. The van der Waals surface area contributed by atoms with Crippen molar-refractivity contribution in [1.82, 2.24) is 9.88 Å². The smallest absolute Gasteiger partial charge is 0.103 e. The number of aryl methyl sites for hydroxylation is 1. The van der Waals surface area contributed by atoms with E-state index in [1.807, 2.05) is 0 Å². The highest BCUT2D eigenvalue weighted by Crippen LogP contribution is 2.30. The van der Waals surface area contributed by atoms with Crippen molar-refractivity contribution in [3.8, 4) is 0 Å². The normalized spacial score (nSPS) is 22.9. The van der Waals surface area contributed by atoms with Crippen LogP contribution < -0.4 is 0 Å². The van der Waals surface area contributed by atoms with Gasteiger partial charge in [0.05, 0.1) is 0 Å². The molecule has 0 bridgehead atoms. The number of H-pyrrole nitrogens is 1. The van der Waals surface area contributed by atoms with Gasteiger partial charge in [-0.15, -0.1) is 0 Å². The number of aromatic amines is 1. The number of piperidine rings is 1. The minimum Gasteiger partial charge on any atom is -0.353 e. The summed E-state index contributed by atoms with van der Waals surface area (Å²) in [4.78, 5) is 5.59. The molecule has 1 saturated heterocycles. The summed E-state index contributed by atoms with van der Waals surface area (Å²) in [5, 5.41) is 0. The second kappa shape index (κ2) is 4.45. The van der Waals surface area contributed by atoms with Gasteiger partial charge in [0.25, 0.3) is 0 Å². The van der Waals surface area contributed by atoms with Crippen LogP contribution in [0.25, 0.3) is 0 Å². The van der Waals surface area contributed by atoms with Crippen molar-refractivity contribution < 1.29 is 0 Å². The Morgan fingerprint density at radius 3 is 2.93 bits per heavy atom. The maximum Gasteiger partial charge on any atom is 0.103 e. The molecule has 1 fully saturated rings. The molecule has 1 aromatic heterocycles. The Balaban J connectivity index is 2.31. The van der Waals surface area contributed by atoms with E-state index in [2.05, 4.69) is 36.1 Å². The molecule has 1 aliphatic heterocycles. The van der Waals surface area contributed by atoms with E-state index in [1.165, 1.54) is 36.9 Å². The molecule has 0 amide bonds. The van der Waals surface area contributed by atoms with Crippen LogP contribution in [0.15, 0.2) is 12.3 Å². The van der Waals surface area contributed by atoms with E-state index in [9.17, 15) is 0 Å². The Morgan fingerprint density at radius 2 is 2.27 bits per heavy atom. The lowest BCUT2D eigenvalue weighted by Gasteiger charge is -2.33. The van der Waals surface area contributed by atoms with Crippen LogP contribution in [0.4, 0.5) is 0 Å². The van der Waals surface area contributed by atoms with Gasteiger partial charge >= 0.3 is 0 Å². The lowest BCUT2D eigenvalue weighted by molar-refractivity contribution is 0.186. The molecular weight excluding hydrogens is 204 g/mol. The third kappa shape index (κ3) is 2.29. The van der Waals surface area contributed by atoms with Crippen LogP contribution >= 0.6 is 12.2 Å². The molecule has 15 heavy (non-hydrogen) atoms. The molecule has 1 aliphatic rings. The van der Waals surface area contributed by atoms with Crippen molar-refractivity contribution in [2.75, 3.05) is 13.6 Å². The van der Waals surface area contributed by atoms with Gasteiger partial charge in [-0.3, -0.25) is 4.90 Å². The van der Waals surface area contributed by atoms with Gasteiger partial charge in [-0.2, -0.15) is 0 Å². The topological polar surface area (TPSA) is 19.0 Å². The molecule has 0 aromatic carbocycles. The van der Waals surface area contributed by atoms with Gasteiger partial charge < -0.3 is 4.98 Å². The zero-order valence-electron chi connectivity index (χ0n) is 9.42. The SMILES string of the molecule is Cc1cc(=S)[nH]cc1[C@H]1CCCCN1C. The van der Waals surface area contributed by atoms with Gasteiger partial charge in [0.1, 0.15) is 4.64 Å². The molecule has 0 radical (unpaired) electrons. The maximum absolute atomic E-state index is 5.12. The van der Waals surface area contributed by atoms with Crippen LogP contribution in [-0.4, -0.2) is 23.5 Å². The Labute approximate surface area is 96.3 Å². The average molecular weight is 222 g/mol. The standard InChI is InChI=1S/C12H18N2S/c1-9-7-12(15)13-8-10(9)11-5-3-4-6-14(11)2/h7-8,11H,3-6H2,1-2H3,(H,13,15)/t11-/m1/s1. The quantitative estimate of drug-likeness (QED) is 0.736. The van der Waals surface area contributed by atoms with Crippen molar-refractivity contribution in [3.63, 3.8) is 0 Å². The molecule has 82 valence electrons. The van der Waals surface area contributed by atoms with Gasteiger partial charge in [-0.1, -0.05) is 18.6 Å². The van der Waals surface area contributed by atoms with Crippen molar-refractivity contribution in [2.24, 2.45) is 0 Å². The van der Waals surface area contributed by atoms with Crippen LogP contribution in [0.1, 0.15) is 36.4 Å². The summed E-state index contributed by atoms with van der Waals surface area (Å²) in [6.45, 7) is 3.36. The Bertz CT molecular complexity index is 397. The number of aromatic nitrogens is 1. The predicted octanol–water partition coefficient (Wildman–Crippen LogP) is 3.21. The second-order valence-electron chi connectivity index (χ2n) is 4.43.